The van der Waals surface area contributed by atoms with E-state index in [2.05, 4.69) is 20.3 Å². The van der Waals surface area contributed by atoms with Crippen molar-refractivity contribution in [2.45, 2.75) is 6.04 Å². The number of pyridine rings is 1. The van der Waals surface area contributed by atoms with Gasteiger partial charge in [0.05, 0.1) is 36.2 Å². The van der Waals surface area contributed by atoms with E-state index in [1.165, 1.54) is 6.20 Å². The maximum atomic E-state index is 13.1. The lowest BCUT2D eigenvalue weighted by molar-refractivity contribution is 0.0937. The van der Waals surface area contributed by atoms with Crippen LogP contribution in [0.3, 0.4) is 0 Å². The first kappa shape index (κ1) is 19.3. The molecule has 1 fully saturated rings. The Morgan fingerprint density at radius 1 is 1.07 bits per heavy atom. The average molecular weight is 410 g/mol. The molecule has 2 aromatic heterocycles. The van der Waals surface area contributed by atoms with Crippen molar-refractivity contribution in [3.63, 3.8) is 0 Å². The predicted molar refractivity (Wildman–Crippen MR) is 110 cm³/mol. The summed E-state index contributed by atoms with van der Waals surface area (Å²) in [6, 6.07) is 14.8. The number of hydrogen-bond acceptors (Lipinski definition) is 6. The number of nitrogens with zero attached hydrogens (tertiary/aromatic N) is 4. The molecule has 0 saturated carbocycles. The van der Waals surface area contributed by atoms with Gasteiger partial charge < -0.3 is 15.0 Å². The Bertz CT molecular complexity index is 926. The van der Waals surface area contributed by atoms with E-state index in [4.69, 9.17) is 16.3 Å². The standard InChI is InChI=1S/C21H20ClN5O2/c22-16-14-24-21(27-10-12-29-13-11-27)26-19(16)20(28)25-18(15-6-2-1-3-7-15)17-8-4-5-9-23-17/h1-9,14,18H,10-13H2,(H,25,28). The third-order valence-electron chi connectivity index (χ3n) is 4.63. The smallest absolute Gasteiger partial charge is 0.272 e. The molecule has 1 aliphatic rings. The molecule has 0 aliphatic carbocycles. The van der Waals surface area contributed by atoms with E-state index in [0.29, 0.717) is 32.3 Å². The van der Waals surface area contributed by atoms with Crippen molar-refractivity contribution in [3.8, 4) is 0 Å². The lowest BCUT2D eigenvalue weighted by Crippen LogP contribution is -2.38. The quantitative estimate of drug-likeness (QED) is 0.698. The summed E-state index contributed by atoms with van der Waals surface area (Å²) >= 11 is 6.26. The number of hydrogen-bond donors (Lipinski definition) is 1. The number of benzene rings is 1. The van der Waals surface area contributed by atoms with E-state index in [9.17, 15) is 4.79 Å². The highest BCUT2D eigenvalue weighted by molar-refractivity contribution is 6.33. The molecular formula is C21H20ClN5O2. The summed E-state index contributed by atoms with van der Waals surface area (Å²) in [6.07, 6.45) is 3.16. The Kier molecular flexibility index (Phi) is 5.97. The molecular weight excluding hydrogens is 390 g/mol. The normalized spacial score (nSPS) is 15.0. The van der Waals surface area contributed by atoms with Gasteiger partial charge in [0.25, 0.3) is 5.91 Å². The molecule has 1 saturated heterocycles. The van der Waals surface area contributed by atoms with Gasteiger partial charge >= 0.3 is 0 Å². The molecule has 0 bridgehead atoms. The number of nitrogens with one attached hydrogen (secondary N) is 1. The zero-order valence-corrected chi connectivity index (χ0v) is 16.4. The Hall–Kier alpha value is -3.03. The topological polar surface area (TPSA) is 80.2 Å². The highest BCUT2D eigenvalue weighted by Gasteiger charge is 2.23. The zero-order valence-electron chi connectivity index (χ0n) is 15.7. The van der Waals surface area contributed by atoms with Crippen molar-refractivity contribution in [1.29, 1.82) is 0 Å². The molecule has 8 heteroatoms. The van der Waals surface area contributed by atoms with Crippen molar-refractivity contribution in [1.82, 2.24) is 20.3 Å². The van der Waals surface area contributed by atoms with Crippen molar-refractivity contribution < 1.29 is 9.53 Å². The van der Waals surface area contributed by atoms with Crippen LogP contribution in [-0.2, 0) is 4.74 Å². The predicted octanol–water partition coefficient (Wildman–Crippen LogP) is 2.88. The summed E-state index contributed by atoms with van der Waals surface area (Å²) in [6.45, 7) is 2.54. The van der Waals surface area contributed by atoms with E-state index in [0.717, 1.165) is 11.3 Å². The van der Waals surface area contributed by atoms with Gasteiger partial charge in [0.15, 0.2) is 5.69 Å². The van der Waals surface area contributed by atoms with Gasteiger partial charge in [0.1, 0.15) is 0 Å². The van der Waals surface area contributed by atoms with Crippen molar-refractivity contribution in [2.75, 3.05) is 31.2 Å². The van der Waals surface area contributed by atoms with E-state index < -0.39 is 6.04 Å². The fourth-order valence-electron chi connectivity index (χ4n) is 3.15. The number of carbonyl (C=O) groups excluding carboxylic acids is 1. The maximum absolute atomic E-state index is 13.1. The van der Waals surface area contributed by atoms with Gasteiger partial charge in [-0.1, -0.05) is 48.0 Å². The van der Waals surface area contributed by atoms with Crippen LogP contribution in [0.4, 0.5) is 5.95 Å². The summed E-state index contributed by atoms with van der Waals surface area (Å²) in [4.78, 5) is 28.2. The van der Waals surface area contributed by atoms with Gasteiger partial charge in [-0.05, 0) is 17.7 Å². The molecule has 3 heterocycles. The molecule has 0 spiro atoms. The monoisotopic (exact) mass is 409 g/mol. The minimum atomic E-state index is -0.428. The number of rotatable bonds is 5. The van der Waals surface area contributed by atoms with E-state index in [1.54, 1.807) is 6.20 Å². The molecule has 1 N–H and O–H groups in total. The first-order valence-electron chi connectivity index (χ1n) is 9.34. The fraction of sp³-hybridized carbons (Fsp3) is 0.238. The average Bonchev–Trinajstić information content (AvgIpc) is 2.79. The zero-order chi connectivity index (χ0) is 20.1. The number of ether oxygens (including phenoxy) is 1. The van der Waals surface area contributed by atoms with Crippen LogP contribution < -0.4 is 10.2 Å². The van der Waals surface area contributed by atoms with Crippen molar-refractivity contribution >= 4 is 23.5 Å². The van der Waals surface area contributed by atoms with Crippen LogP contribution in [0.1, 0.15) is 27.8 Å². The Morgan fingerprint density at radius 2 is 1.83 bits per heavy atom. The minimum Gasteiger partial charge on any atom is -0.378 e. The van der Waals surface area contributed by atoms with Crippen LogP contribution in [0, 0.1) is 0 Å². The van der Waals surface area contributed by atoms with Gasteiger partial charge in [0, 0.05) is 19.3 Å². The second-order valence-electron chi connectivity index (χ2n) is 6.54. The third-order valence-corrected chi connectivity index (χ3v) is 4.91. The van der Waals surface area contributed by atoms with Crippen LogP contribution in [0.5, 0.6) is 0 Å². The highest BCUT2D eigenvalue weighted by Crippen LogP contribution is 2.23. The lowest BCUT2D eigenvalue weighted by Gasteiger charge is -2.27. The number of anilines is 1. The number of aromatic nitrogens is 3. The van der Waals surface area contributed by atoms with Crippen LogP contribution in [0.15, 0.2) is 60.9 Å². The van der Waals surface area contributed by atoms with E-state index >= 15 is 0 Å². The Labute approximate surface area is 173 Å². The second kappa shape index (κ2) is 8.98. The molecule has 3 aromatic rings. The van der Waals surface area contributed by atoms with Gasteiger partial charge in [-0.3, -0.25) is 9.78 Å². The first-order valence-corrected chi connectivity index (χ1v) is 9.72. The molecule has 148 valence electrons. The molecule has 4 rings (SSSR count). The molecule has 29 heavy (non-hydrogen) atoms. The molecule has 1 aromatic carbocycles. The second-order valence-corrected chi connectivity index (χ2v) is 6.94. The summed E-state index contributed by atoms with van der Waals surface area (Å²) in [5.41, 5.74) is 1.78. The highest BCUT2D eigenvalue weighted by atomic mass is 35.5. The molecule has 1 atom stereocenters. The number of amides is 1. The third kappa shape index (κ3) is 4.52. The first-order chi connectivity index (χ1) is 14.2. The van der Waals surface area contributed by atoms with Gasteiger partial charge in [-0.2, -0.15) is 0 Å². The molecule has 7 nitrogen and oxygen atoms in total. The fourth-order valence-corrected chi connectivity index (χ4v) is 3.33. The van der Waals surface area contributed by atoms with Crippen LogP contribution in [-0.4, -0.2) is 47.2 Å². The van der Waals surface area contributed by atoms with E-state index in [-0.39, 0.29) is 16.6 Å². The molecule has 1 aliphatic heterocycles. The summed E-state index contributed by atoms with van der Waals surface area (Å²) in [7, 11) is 0. The molecule has 0 radical (unpaired) electrons. The largest absolute Gasteiger partial charge is 0.378 e. The number of morpholine rings is 1. The summed E-state index contributed by atoms with van der Waals surface area (Å²) in [5, 5.41) is 3.22. The minimum absolute atomic E-state index is 0.139. The van der Waals surface area contributed by atoms with Crippen molar-refractivity contribution in [2.24, 2.45) is 0 Å². The van der Waals surface area contributed by atoms with Gasteiger partial charge in [0.2, 0.25) is 5.95 Å². The number of carbonyl (C=O) groups is 1. The van der Waals surface area contributed by atoms with Crippen LogP contribution in [0.2, 0.25) is 5.02 Å². The van der Waals surface area contributed by atoms with Gasteiger partial charge in [-0.25, -0.2) is 9.97 Å². The van der Waals surface area contributed by atoms with E-state index in [1.807, 2.05) is 53.4 Å². The maximum Gasteiger partial charge on any atom is 0.272 e. The molecule has 1 amide bonds. The Morgan fingerprint density at radius 3 is 2.55 bits per heavy atom. The Balaban J connectivity index is 1.62. The number of halogens is 1. The van der Waals surface area contributed by atoms with Gasteiger partial charge in [-0.15, -0.1) is 0 Å². The summed E-state index contributed by atoms with van der Waals surface area (Å²) in [5.74, 6) is 0.0864. The SMILES string of the molecule is O=C(NC(c1ccccc1)c1ccccn1)c1nc(N2CCOCC2)ncc1Cl. The summed E-state index contributed by atoms with van der Waals surface area (Å²) < 4.78 is 5.36. The van der Waals surface area contributed by atoms with Crippen LogP contribution >= 0.6 is 11.6 Å². The van der Waals surface area contributed by atoms with Crippen molar-refractivity contribution in [3.05, 3.63) is 82.9 Å². The molecule has 1 unspecified atom stereocenters. The lowest BCUT2D eigenvalue weighted by atomic mass is 10.0. The van der Waals surface area contributed by atoms with Crippen LogP contribution in [0.25, 0.3) is 0 Å².